The number of para-hydroxylation sites is 1. The molecular formula is C11H16INO. The lowest BCUT2D eigenvalue weighted by Crippen LogP contribution is -2.20. The van der Waals surface area contributed by atoms with E-state index >= 15 is 0 Å². The van der Waals surface area contributed by atoms with Gasteiger partial charge in [-0.1, -0.05) is 40.8 Å². The molecule has 0 aliphatic rings. The number of nitrogen functional groups attached to an aromatic ring is 1. The molecule has 0 radical (unpaired) electrons. The molecule has 1 rings (SSSR count). The van der Waals surface area contributed by atoms with Crippen molar-refractivity contribution in [3.8, 4) is 0 Å². The number of aliphatic hydroxyl groups is 1. The minimum absolute atomic E-state index is 0.258. The Morgan fingerprint density at radius 1 is 1.43 bits per heavy atom. The Labute approximate surface area is 98.7 Å². The van der Waals surface area contributed by atoms with Crippen LogP contribution in [0.3, 0.4) is 0 Å². The number of benzene rings is 1. The van der Waals surface area contributed by atoms with Crippen molar-refractivity contribution in [2.45, 2.75) is 29.8 Å². The second kappa shape index (κ2) is 4.49. The van der Waals surface area contributed by atoms with Crippen LogP contribution in [0.15, 0.2) is 24.3 Å². The monoisotopic (exact) mass is 305 g/mol. The number of alkyl halides is 1. The van der Waals surface area contributed by atoms with E-state index in [1.54, 1.807) is 0 Å². The molecule has 0 aromatic heterocycles. The zero-order chi connectivity index (χ0) is 10.8. The number of hydrogen-bond acceptors (Lipinski definition) is 2. The first-order valence-electron chi connectivity index (χ1n) is 4.61. The van der Waals surface area contributed by atoms with Gasteiger partial charge in [0.05, 0.1) is 5.60 Å². The summed E-state index contributed by atoms with van der Waals surface area (Å²) < 4.78 is 0.258. The third-order valence-corrected chi connectivity index (χ3v) is 3.12. The molecular weight excluding hydrogens is 289 g/mol. The van der Waals surface area contributed by atoms with Crippen LogP contribution in [0.5, 0.6) is 0 Å². The first-order chi connectivity index (χ1) is 6.40. The van der Waals surface area contributed by atoms with Gasteiger partial charge in [0.1, 0.15) is 0 Å². The first kappa shape index (κ1) is 11.8. The predicted molar refractivity (Wildman–Crippen MR) is 68.5 cm³/mol. The lowest BCUT2D eigenvalue weighted by atomic mass is 9.98. The fourth-order valence-corrected chi connectivity index (χ4v) is 2.99. The molecule has 0 fully saturated rings. The molecule has 0 aliphatic heterocycles. The highest BCUT2D eigenvalue weighted by atomic mass is 127. The lowest BCUT2D eigenvalue weighted by Gasteiger charge is -2.22. The molecule has 2 nitrogen and oxygen atoms in total. The van der Waals surface area contributed by atoms with E-state index in [1.807, 2.05) is 38.1 Å². The standard InChI is InChI=1S/C11H16INO/c1-11(2,14)7-9(12)8-5-3-4-6-10(8)13/h3-6,9,14H,7,13H2,1-2H3. The summed E-state index contributed by atoms with van der Waals surface area (Å²) in [6, 6.07) is 7.80. The molecule has 1 unspecified atom stereocenters. The maximum absolute atomic E-state index is 9.69. The average Bonchev–Trinajstić information content (AvgIpc) is 2.01. The van der Waals surface area contributed by atoms with Gasteiger partial charge in [-0.25, -0.2) is 0 Å². The second-order valence-electron chi connectivity index (χ2n) is 4.11. The van der Waals surface area contributed by atoms with E-state index in [9.17, 15) is 5.11 Å². The maximum atomic E-state index is 9.69. The molecule has 0 spiro atoms. The van der Waals surface area contributed by atoms with E-state index in [0.717, 1.165) is 11.3 Å². The molecule has 1 atom stereocenters. The molecule has 3 N–H and O–H groups in total. The summed E-state index contributed by atoms with van der Waals surface area (Å²) in [5.74, 6) is 0. The summed E-state index contributed by atoms with van der Waals surface area (Å²) in [7, 11) is 0. The summed E-state index contributed by atoms with van der Waals surface area (Å²) in [6.45, 7) is 3.63. The van der Waals surface area contributed by atoms with Crippen LogP contribution < -0.4 is 5.73 Å². The van der Waals surface area contributed by atoms with Crippen molar-refractivity contribution in [2.75, 3.05) is 5.73 Å². The molecule has 0 saturated heterocycles. The Morgan fingerprint density at radius 3 is 2.50 bits per heavy atom. The van der Waals surface area contributed by atoms with Crippen LogP contribution in [0.4, 0.5) is 5.69 Å². The van der Waals surface area contributed by atoms with Crippen molar-refractivity contribution in [1.82, 2.24) is 0 Å². The lowest BCUT2D eigenvalue weighted by molar-refractivity contribution is 0.0718. The van der Waals surface area contributed by atoms with E-state index in [2.05, 4.69) is 22.6 Å². The van der Waals surface area contributed by atoms with Crippen LogP contribution in [0.2, 0.25) is 0 Å². The summed E-state index contributed by atoms with van der Waals surface area (Å²) in [6.07, 6.45) is 0.710. The van der Waals surface area contributed by atoms with Crippen molar-refractivity contribution in [2.24, 2.45) is 0 Å². The van der Waals surface area contributed by atoms with Crippen LogP contribution in [0.25, 0.3) is 0 Å². The third kappa shape index (κ3) is 3.46. The zero-order valence-corrected chi connectivity index (χ0v) is 10.7. The fraction of sp³-hybridized carbons (Fsp3) is 0.455. The highest BCUT2D eigenvalue weighted by Crippen LogP contribution is 2.34. The van der Waals surface area contributed by atoms with Gasteiger partial charge < -0.3 is 10.8 Å². The minimum Gasteiger partial charge on any atom is -0.398 e. The Bertz CT molecular complexity index is 306. The quantitative estimate of drug-likeness (QED) is 0.512. The highest BCUT2D eigenvalue weighted by Gasteiger charge is 2.20. The van der Waals surface area contributed by atoms with Crippen molar-refractivity contribution < 1.29 is 5.11 Å². The number of rotatable bonds is 3. The van der Waals surface area contributed by atoms with Gasteiger partial charge in [-0.2, -0.15) is 0 Å². The number of hydrogen-bond donors (Lipinski definition) is 2. The van der Waals surface area contributed by atoms with Gasteiger partial charge in [0.2, 0.25) is 0 Å². The van der Waals surface area contributed by atoms with E-state index in [1.165, 1.54) is 0 Å². The predicted octanol–water partition coefficient (Wildman–Crippen LogP) is 2.91. The minimum atomic E-state index is -0.645. The van der Waals surface area contributed by atoms with Crippen LogP contribution in [-0.2, 0) is 0 Å². The van der Waals surface area contributed by atoms with Gasteiger partial charge in [-0.05, 0) is 31.9 Å². The largest absolute Gasteiger partial charge is 0.398 e. The summed E-state index contributed by atoms with van der Waals surface area (Å²) >= 11 is 2.32. The van der Waals surface area contributed by atoms with E-state index in [-0.39, 0.29) is 3.92 Å². The molecule has 78 valence electrons. The van der Waals surface area contributed by atoms with Crippen molar-refractivity contribution >= 4 is 28.3 Å². The molecule has 14 heavy (non-hydrogen) atoms. The Kier molecular flexibility index (Phi) is 3.78. The van der Waals surface area contributed by atoms with Crippen molar-refractivity contribution in [1.29, 1.82) is 0 Å². The number of anilines is 1. The van der Waals surface area contributed by atoms with E-state index in [0.29, 0.717) is 6.42 Å². The van der Waals surface area contributed by atoms with E-state index in [4.69, 9.17) is 5.73 Å². The molecule has 0 saturated carbocycles. The van der Waals surface area contributed by atoms with Crippen molar-refractivity contribution in [3.05, 3.63) is 29.8 Å². The van der Waals surface area contributed by atoms with Gasteiger partial charge in [-0.15, -0.1) is 0 Å². The van der Waals surface area contributed by atoms with Gasteiger partial charge in [-0.3, -0.25) is 0 Å². The molecule has 0 heterocycles. The normalized spacial score (nSPS) is 14.0. The molecule has 0 aliphatic carbocycles. The summed E-state index contributed by atoms with van der Waals surface area (Å²) in [4.78, 5) is 0. The third-order valence-electron chi connectivity index (χ3n) is 2.01. The van der Waals surface area contributed by atoms with Crippen molar-refractivity contribution in [3.63, 3.8) is 0 Å². The fourth-order valence-electron chi connectivity index (χ4n) is 1.34. The van der Waals surface area contributed by atoms with Gasteiger partial charge in [0, 0.05) is 9.61 Å². The number of nitrogens with two attached hydrogens (primary N) is 1. The zero-order valence-electron chi connectivity index (χ0n) is 8.50. The molecule has 1 aromatic rings. The highest BCUT2D eigenvalue weighted by molar-refractivity contribution is 14.1. The Morgan fingerprint density at radius 2 is 2.00 bits per heavy atom. The SMILES string of the molecule is CC(C)(O)CC(I)c1ccccc1N. The first-order valence-corrected chi connectivity index (χ1v) is 5.85. The van der Waals surface area contributed by atoms with E-state index < -0.39 is 5.60 Å². The van der Waals surface area contributed by atoms with Crippen LogP contribution in [-0.4, -0.2) is 10.7 Å². The topological polar surface area (TPSA) is 46.2 Å². The second-order valence-corrected chi connectivity index (χ2v) is 5.62. The maximum Gasteiger partial charge on any atom is 0.0605 e. The molecule has 0 amide bonds. The van der Waals surface area contributed by atoms with Gasteiger partial charge in [0.25, 0.3) is 0 Å². The van der Waals surface area contributed by atoms with Crippen LogP contribution >= 0.6 is 22.6 Å². The Balaban J connectivity index is 2.80. The molecule has 1 aromatic carbocycles. The number of halogens is 1. The Hall–Kier alpha value is -0.290. The molecule has 0 bridgehead atoms. The smallest absolute Gasteiger partial charge is 0.0605 e. The summed E-state index contributed by atoms with van der Waals surface area (Å²) in [5.41, 5.74) is 7.12. The average molecular weight is 305 g/mol. The molecule has 3 heteroatoms. The summed E-state index contributed by atoms with van der Waals surface area (Å²) in [5, 5.41) is 9.69. The van der Waals surface area contributed by atoms with Crippen LogP contribution in [0.1, 0.15) is 29.8 Å². The van der Waals surface area contributed by atoms with Gasteiger partial charge in [0.15, 0.2) is 0 Å². The van der Waals surface area contributed by atoms with Gasteiger partial charge >= 0.3 is 0 Å². The van der Waals surface area contributed by atoms with Crippen LogP contribution in [0, 0.1) is 0 Å².